The van der Waals surface area contributed by atoms with Gasteiger partial charge in [-0.3, -0.25) is 9.59 Å². The van der Waals surface area contributed by atoms with Crippen molar-refractivity contribution in [1.29, 1.82) is 0 Å². The van der Waals surface area contributed by atoms with Crippen LogP contribution < -0.4 is 10.9 Å². The van der Waals surface area contributed by atoms with Gasteiger partial charge in [-0.15, -0.1) is 0 Å². The van der Waals surface area contributed by atoms with Crippen LogP contribution in [0.4, 0.5) is 5.82 Å². The third kappa shape index (κ3) is 3.22. The predicted molar refractivity (Wildman–Crippen MR) is 92.0 cm³/mol. The summed E-state index contributed by atoms with van der Waals surface area (Å²) in [7, 11) is 0. The first-order valence-corrected chi connectivity index (χ1v) is 7.44. The number of carbonyl (C=O) groups is 1. The molecule has 0 fully saturated rings. The molecule has 0 bridgehead atoms. The van der Waals surface area contributed by atoms with Gasteiger partial charge < -0.3 is 10.3 Å². The summed E-state index contributed by atoms with van der Waals surface area (Å²) in [5, 5.41) is 2.72. The summed E-state index contributed by atoms with van der Waals surface area (Å²) in [5.41, 5.74) is 3.71. The van der Waals surface area contributed by atoms with Crippen molar-refractivity contribution in [3.05, 3.63) is 76.1 Å². The first kappa shape index (κ1) is 15.6. The molecule has 0 unspecified atom stereocenters. The van der Waals surface area contributed by atoms with Crippen LogP contribution in [0, 0.1) is 13.8 Å². The average molecular weight is 320 g/mol. The Morgan fingerprint density at radius 1 is 1.17 bits per heavy atom. The number of pyridine rings is 1. The number of anilines is 1. The first-order chi connectivity index (χ1) is 11.5. The lowest BCUT2D eigenvalue weighted by molar-refractivity contribution is 0.102. The Labute approximate surface area is 138 Å². The molecule has 3 aromatic rings. The van der Waals surface area contributed by atoms with E-state index in [1.807, 2.05) is 50.2 Å². The number of carbonyl (C=O) groups excluding carboxylic acids is 1. The van der Waals surface area contributed by atoms with Crippen LogP contribution in [0.15, 0.2) is 53.6 Å². The van der Waals surface area contributed by atoms with Crippen LogP contribution in [0.3, 0.4) is 0 Å². The van der Waals surface area contributed by atoms with E-state index in [-0.39, 0.29) is 11.3 Å². The number of aromatic amines is 1. The molecule has 1 aromatic carbocycles. The maximum atomic E-state index is 12.2. The molecule has 0 spiro atoms. The van der Waals surface area contributed by atoms with E-state index in [4.69, 9.17) is 0 Å². The van der Waals surface area contributed by atoms with Crippen LogP contribution >= 0.6 is 0 Å². The van der Waals surface area contributed by atoms with Gasteiger partial charge in [-0.25, -0.2) is 9.97 Å². The summed E-state index contributed by atoms with van der Waals surface area (Å²) in [6.07, 6.45) is 2.34. The Hall–Kier alpha value is -3.28. The molecule has 0 saturated heterocycles. The molecule has 0 radical (unpaired) electrons. The number of amides is 1. The van der Waals surface area contributed by atoms with Gasteiger partial charge >= 0.3 is 0 Å². The van der Waals surface area contributed by atoms with Crippen LogP contribution in [0.2, 0.25) is 0 Å². The highest BCUT2D eigenvalue weighted by molar-refractivity contribution is 6.02. The van der Waals surface area contributed by atoms with Crippen LogP contribution in [-0.4, -0.2) is 20.9 Å². The van der Waals surface area contributed by atoms with Gasteiger partial charge in [0.25, 0.3) is 11.5 Å². The lowest BCUT2D eigenvalue weighted by Crippen LogP contribution is -2.18. The molecule has 6 nitrogen and oxygen atoms in total. The number of benzene rings is 1. The number of aromatic nitrogens is 3. The predicted octanol–water partition coefficient (Wildman–Crippen LogP) is 2.70. The van der Waals surface area contributed by atoms with Gasteiger partial charge in [-0.05, 0) is 36.6 Å². The van der Waals surface area contributed by atoms with Crippen molar-refractivity contribution in [3.8, 4) is 11.1 Å². The minimum Gasteiger partial charge on any atom is -0.325 e. The molecule has 0 aliphatic heterocycles. The van der Waals surface area contributed by atoms with Crippen molar-refractivity contribution in [2.45, 2.75) is 13.8 Å². The summed E-state index contributed by atoms with van der Waals surface area (Å²) in [5.74, 6) is 0.0102. The lowest BCUT2D eigenvalue weighted by Gasteiger charge is -2.12. The van der Waals surface area contributed by atoms with Gasteiger partial charge in [0.05, 0.1) is 6.20 Å². The molecule has 24 heavy (non-hydrogen) atoms. The number of nitrogens with one attached hydrogen (secondary N) is 2. The molecule has 0 aliphatic rings. The van der Waals surface area contributed by atoms with Gasteiger partial charge in [0, 0.05) is 11.9 Å². The minimum absolute atomic E-state index is 0.121. The molecular weight excluding hydrogens is 304 g/mol. The number of H-pyrrole nitrogens is 1. The Morgan fingerprint density at radius 2 is 1.92 bits per heavy atom. The van der Waals surface area contributed by atoms with Crippen LogP contribution in [-0.2, 0) is 0 Å². The second-order valence-corrected chi connectivity index (χ2v) is 5.38. The highest BCUT2D eigenvalue weighted by atomic mass is 16.2. The monoisotopic (exact) mass is 320 g/mol. The Morgan fingerprint density at radius 3 is 2.58 bits per heavy atom. The fraction of sp³-hybridized carbons (Fsp3) is 0.111. The second kappa shape index (κ2) is 6.45. The maximum Gasteiger partial charge on any atom is 0.276 e. The van der Waals surface area contributed by atoms with Crippen molar-refractivity contribution in [2.75, 3.05) is 5.32 Å². The van der Waals surface area contributed by atoms with Crippen LogP contribution in [0.5, 0.6) is 0 Å². The van der Waals surface area contributed by atoms with E-state index < -0.39 is 5.91 Å². The molecule has 3 rings (SSSR count). The van der Waals surface area contributed by atoms with E-state index >= 15 is 0 Å². The Bertz CT molecular complexity index is 928. The van der Waals surface area contributed by atoms with Crippen molar-refractivity contribution < 1.29 is 4.79 Å². The van der Waals surface area contributed by atoms with Crippen LogP contribution in [0.25, 0.3) is 11.1 Å². The summed E-state index contributed by atoms with van der Waals surface area (Å²) >= 11 is 0. The van der Waals surface area contributed by atoms with Crippen LogP contribution in [0.1, 0.15) is 21.7 Å². The maximum absolute atomic E-state index is 12.2. The summed E-state index contributed by atoms with van der Waals surface area (Å²) in [6.45, 7) is 3.90. The topological polar surface area (TPSA) is 87.7 Å². The van der Waals surface area contributed by atoms with E-state index in [0.717, 1.165) is 28.6 Å². The molecular formula is C18H16N4O2. The third-order valence-corrected chi connectivity index (χ3v) is 3.75. The van der Waals surface area contributed by atoms with Gasteiger partial charge in [0.1, 0.15) is 11.5 Å². The molecule has 120 valence electrons. The van der Waals surface area contributed by atoms with Crippen molar-refractivity contribution >= 4 is 11.7 Å². The van der Waals surface area contributed by atoms with E-state index in [0.29, 0.717) is 5.82 Å². The third-order valence-electron chi connectivity index (χ3n) is 3.75. The van der Waals surface area contributed by atoms with Gasteiger partial charge in [0.2, 0.25) is 0 Å². The molecule has 2 aromatic heterocycles. The fourth-order valence-electron chi connectivity index (χ4n) is 2.36. The normalized spacial score (nSPS) is 10.4. The molecule has 0 atom stereocenters. The lowest BCUT2D eigenvalue weighted by atomic mass is 10.0. The highest BCUT2D eigenvalue weighted by Crippen LogP contribution is 2.27. The average Bonchev–Trinajstić information content (AvgIpc) is 2.59. The van der Waals surface area contributed by atoms with E-state index in [1.165, 1.54) is 6.20 Å². The van der Waals surface area contributed by atoms with Gasteiger partial charge in [0.15, 0.2) is 0 Å². The number of nitrogens with zero attached hydrogens (tertiary/aromatic N) is 2. The van der Waals surface area contributed by atoms with Crippen molar-refractivity contribution in [3.63, 3.8) is 0 Å². The van der Waals surface area contributed by atoms with Gasteiger partial charge in [-0.2, -0.15) is 0 Å². The zero-order valence-corrected chi connectivity index (χ0v) is 13.3. The second-order valence-electron chi connectivity index (χ2n) is 5.38. The number of rotatable bonds is 3. The zero-order valence-electron chi connectivity index (χ0n) is 13.3. The number of hydrogen-bond donors (Lipinski definition) is 2. The standard InChI is InChI=1S/C18H16N4O2/c1-11-12(2)21-16(8-14(11)13-6-4-3-5-7-13)22-18(24)15-9-20-17(23)10-19-15/h3-10H,1-2H3,(H,20,23)(H,21,22,24). The first-order valence-electron chi connectivity index (χ1n) is 7.44. The van der Waals surface area contributed by atoms with E-state index in [2.05, 4.69) is 20.3 Å². The SMILES string of the molecule is Cc1nc(NC(=O)c2c[nH]c(=O)cn2)cc(-c2ccccc2)c1C. The van der Waals surface area contributed by atoms with Crippen molar-refractivity contribution in [2.24, 2.45) is 0 Å². The van der Waals surface area contributed by atoms with E-state index in [1.54, 1.807) is 0 Å². The van der Waals surface area contributed by atoms with Crippen molar-refractivity contribution in [1.82, 2.24) is 15.0 Å². The molecule has 2 heterocycles. The Kier molecular flexibility index (Phi) is 4.20. The molecule has 1 amide bonds. The Balaban J connectivity index is 1.94. The summed E-state index contributed by atoms with van der Waals surface area (Å²) < 4.78 is 0. The fourth-order valence-corrected chi connectivity index (χ4v) is 2.36. The van der Waals surface area contributed by atoms with Gasteiger partial charge in [-0.1, -0.05) is 30.3 Å². The smallest absolute Gasteiger partial charge is 0.276 e. The minimum atomic E-state index is -0.430. The molecule has 0 saturated carbocycles. The van der Waals surface area contributed by atoms with E-state index in [9.17, 15) is 9.59 Å². The molecule has 0 aliphatic carbocycles. The largest absolute Gasteiger partial charge is 0.325 e. The summed E-state index contributed by atoms with van der Waals surface area (Å²) in [4.78, 5) is 33.9. The molecule has 2 N–H and O–H groups in total. The number of hydrogen-bond acceptors (Lipinski definition) is 4. The summed E-state index contributed by atoms with van der Waals surface area (Å²) in [6, 6.07) is 11.7. The zero-order chi connectivity index (χ0) is 17.1. The quantitative estimate of drug-likeness (QED) is 0.776. The number of aryl methyl sites for hydroxylation is 1. The highest BCUT2D eigenvalue weighted by Gasteiger charge is 2.12. The molecule has 6 heteroatoms.